The minimum atomic E-state index is 0.594. The SMILES string of the molecule is CCCNc1ncc(Br)c(N(C)C2CCC(C)CC2)n1. The average molecular weight is 341 g/mol. The summed E-state index contributed by atoms with van der Waals surface area (Å²) in [4.78, 5) is 11.3. The highest BCUT2D eigenvalue weighted by molar-refractivity contribution is 9.10. The number of rotatable bonds is 5. The molecule has 0 radical (unpaired) electrons. The van der Waals surface area contributed by atoms with Crippen molar-refractivity contribution in [1.29, 1.82) is 0 Å². The molecule has 1 aromatic rings. The van der Waals surface area contributed by atoms with E-state index >= 15 is 0 Å². The first-order chi connectivity index (χ1) is 9.61. The average Bonchev–Trinajstić information content (AvgIpc) is 2.46. The van der Waals surface area contributed by atoms with Crippen molar-refractivity contribution in [2.24, 2.45) is 5.92 Å². The van der Waals surface area contributed by atoms with E-state index in [2.05, 4.69) is 57.0 Å². The molecule has 20 heavy (non-hydrogen) atoms. The number of hydrogen-bond acceptors (Lipinski definition) is 4. The molecule has 112 valence electrons. The third-order valence-corrected chi connectivity index (χ3v) is 4.69. The van der Waals surface area contributed by atoms with Crippen molar-refractivity contribution in [2.45, 2.75) is 52.0 Å². The maximum Gasteiger partial charge on any atom is 0.224 e. The van der Waals surface area contributed by atoms with E-state index in [1.165, 1.54) is 25.7 Å². The summed E-state index contributed by atoms with van der Waals surface area (Å²) >= 11 is 3.58. The van der Waals surface area contributed by atoms with Gasteiger partial charge in [-0.1, -0.05) is 13.8 Å². The second-order valence-corrected chi connectivity index (χ2v) is 6.67. The smallest absolute Gasteiger partial charge is 0.224 e. The molecule has 1 heterocycles. The van der Waals surface area contributed by atoms with Gasteiger partial charge in [0.05, 0.1) is 4.47 Å². The van der Waals surface area contributed by atoms with Gasteiger partial charge in [-0.15, -0.1) is 0 Å². The molecule has 4 nitrogen and oxygen atoms in total. The molecule has 0 aliphatic heterocycles. The molecule has 0 spiro atoms. The Bertz CT molecular complexity index is 430. The highest BCUT2D eigenvalue weighted by Crippen LogP contribution is 2.31. The quantitative estimate of drug-likeness (QED) is 0.876. The molecule has 0 atom stereocenters. The van der Waals surface area contributed by atoms with Gasteiger partial charge in [0.15, 0.2) is 0 Å². The van der Waals surface area contributed by atoms with E-state index in [4.69, 9.17) is 0 Å². The second kappa shape index (κ2) is 7.25. The van der Waals surface area contributed by atoms with E-state index in [1.54, 1.807) is 0 Å². The van der Waals surface area contributed by atoms with Crippen LogP contribution in [0.1, 0.15) is 46.0 Å². The Kier molecular flexibility index (Phi) is 5.64. The Morgan fingerprint density at radius 2 is 2.05 bits per heavy atom. The van der Waals surface area contributed by atoms with E-state index in [9.17, 15) is 0 Å². The lowest BCUT2D eigenvalue weighted by atomic mass is 9.87. The molecule has 0 amide bonds. The van der Waals surface area contributed by atoms with E-state index in [0.29, 0.717) is 6.04 Å². The van der Waals surface area contributed by atoms with Crippen LogP contribution in [0.3, 0.4) is 0 Å². The van der Waals surface area contributed by atoms with Crippen molar-refractivity contribution in [2.75, 3.05) is 23.8 Å². The van der Waals surface area contributed by atoms with E-state index in [1.807, 2.05) is 6.20 Å². The van der Waals surface area contributed by atoms with Gasteiger partial charge in [0, 0.05) is 25.8 Å². The third-order valence-electron chi connectivity index (χ3n) is 4.13. The maximum absolute atomic E-state index is 4.66. The summed E-state index contributed by atoms with van der Waals surface area (Å²) < 4.78 is 0.973. The van der Waals surface area contributed by atoms with E-state index < -0.39 is 0 Å². The fourth-order valence-electron chi connectivity index (χ4n) is 2.73. The van der Waals surface area contributed by atoms with Crippen LogP contribution in [0.2, 0.25) is 0 Å². The fraction of sp³-hybridized carbons (Fsp3) is 0.733. The second-order valence-electron chi connectivity index (χ2n) is 5.82. The van der Waals surface area contributed by atoms with Gasteiger partial charge < -0.3 is 10.2 Å². The van der Waals surface area contributed by atoms with E-state index in [-0.39, 0.29) is 0 Å². The van der Waals surface area contributed by atoms with Crippen LogP contribution < -0.4 is 10.2 Å². The van der Waals surface area contributed by atoms with Crippen molar-refractivity contribution in [3.63, 3.8) is 0 Å². The molecule has 0 saturated heterocycles. The molecule has 0 unspecified atom stereocenters. The zero-order valence-corrected chi connectivity index (χ0v) is 14.3. The summed E-state index contributed by atoms with van der Waals surface area (Å²) in [7, 11) is 2.15. The number of halogens is 1. The Balaban J connectivity index is 2.09. The van der Waals surface area contributed by atoms with Crippen molar-refractivity contribution in [3.8, 4) is 0 Å². The first kappa shape index (κ1) is 15.5. The lowest BCUT2D eigenvalue weighted by Crippen LogP contribution is -2.35. The number of nitrogens with one attached hydrogen (secondary N) is 1. The molecule has 5 heteroatoms. The molecule has 1 fully saturated rings. The lowest BCUT2D eigenvalue weighted by Gasteiger charge is -2.34. The van der Waals surface area contributed by atoms with E-state index in [0.717, 1.165) is 35.1 Å². The summed E-state index contributed by atoms with van der Waals surface area (Å²) in [5.74, 6) is 2.59. The molecule has 0 bridgehead atoms. The van der Waals surface area contributed by atoms with Crippen LogP contribution in [-0.2, 0) is 0 Å². The number of hydrogen-bond donors (Lipinski definition) is 1. The summed E-state index contributed by atoms with van der Waals surface area (Å²) in [6, 6.07) is 0.594. The first-order valence-electron chi connectivity index (χ1n) is 7.61. The minimum Gasteiger partial charge on any atom is -0.356 e. The van der Waals surface area contributed by atoms with Gasteiger partial charge >= 0.3 is 0 Å². The zero-order valence-electron chi connectivity index (χ0n) is 12.7. The van der Waals surface area contributed by atoms with Crippen molar-refractivity contribution in [3.05, 3.63) is 10.7 Å². The van der Waals surface area contributed by atoms with Gasteiger partial charge in [-0.05, 0) is 54.0 Å². The van der Waals surface area contributed by atoms with Crippen LogP contribution in [0, 0.1) is 5.92 Å². The van der Waals surface area contributed by atoms with Gasteiger partial charge in [-0.25, -0.2) is 4.98 Å². The molecular formula is C15H25BrN4. The molecule has 1 saturated carbocycles. The van der Waals surface area contributed by atoms with Crippen molar-refractivity contribution in [1.82, 2.24) is 9.97 Å². The number of aromatic nitrogens is 2. The normalized spacial score (nSPS) is 22.6. The fourth-order valence-corrected chi connectivity index (χ4v) is 3.20. The van der Waals surface area contributed by atoms with Gasteiger partial charge in [-0.3, -0.25) is 0 Å². The summed E-state index contributed by atoms with van der Waals surface area (Å²) in [6.45, 7) is 5.40. The molecule has 1 N–H and O–H groups in total. The number of nitrogens with zero attached hydrogens (tertiary/aromatic N) is 3. The van der Waals surface area contributed by atoms with Gasteiger partial charge in [0.1, 0.15) is 5.82 Å². The molecule has 1 aromatic heterocycles. The van der Waals surface area contributed by atoms with Crippen molar-refractivity contribution >= 4 is 27.7 Å². The van der Waals surface area contributed by atoms with Crippen LogP contribution in [0.15, 0.2) is 10.7 Å². The van der Waals surface area contributed by atoms with Crippen LogP contribution in [0.4, 0.5) is 11.8 Å². The standard InChI is InChI=1S/C15H25BrN4/c1-4-9-17-15-18-10-13(16)14(19-15)20(3)12-7-5-11(2)6-8-12/h10-12H,4-9H2,1-3H3,(H,17,18,19). The van der Waals surface area contributed by atoms with Crippen LogP contribution >= 0.6 is 15.9 Å². The Labute approximate surface area is 130 Å². The lowest BCUT2D eigenvalue weighted by molar-refractivity contribution is 0.340. The summed E-state index contributed by atoms with van der Waals surface area (Å²) in [5.41, 5.74) is 0. The van der Waals surface area contributed by atoms with Gasteiger partial charge in [0.2, 0.25) is 5.95 Å². The molecule has 1 aliphatic rings. The highest BCUT2D eigenvalue weighted by Gasteiger charge is 2.24. The van der Waals surface area contributed by atoms with Crippen LogP contribution in [0.5, 0.6) is 0 Å². The zero-order chi connectivity index (χ0) is 14.5. The molecule has 1 aliphatic carbocycles. The van der Waals surface area contributed by atoms with Gasteiger partial charge in [-0.2, -0.15) is 4.98 Å². The Morgan fingerprint density at radius 3 is 2.70 bits per heavy atom. The Hall–Kier alpha value is -0.840. The highest BCUT2D eigenvalue weighted by atomic mass is 79.9. The molecular weight excluding hydrogens is 316 g/mol. The van der Waals surface area contributed by atoms with Gasteiger partial charge in [0.25, 0.3) is 0 Å². The Morgan fingerprint density at radius 1 is 1.35 bits per heavy atom. The summed E-state index contributed by atoms with van der Waals surface area (Å²) in [6.07, 6.45) is 8.07. The predicted molar refractivity (Wildman–Crippen MR) is 88.3 cm³/mol. The predicted octanol–water partition coefficient (Wildman–Crippen LogP) is 4.08. The summed E-state index contributed by atoms with van der Waals surface area (Å²) in [5, 5.41) is 3.26. The largest absolute Gasteiger partial charge is 0.356 e. The van der Waals surface area contributed by atoms with Crippen LogP contribution in [-0.4, -0.2) is 29.6 Å². The first-order valence-corrected chi connectivity index (χ1v) is 8.40. The molecule has 2 rings (SSSR count). The number of anilines is 2. The topological polar surface area (TPSA) is 41.1 Å². The molecule has 0 aromatic carbocycles. The van der Waals surface area contributed by atoms with Crippen molar-refractivity contribution < 1.29 is 0 Å². The minimum absolute atomic E-state index is 0.594. The van der Waals surface area contributed by atoms with Crippen LogP contribution in [0.25, 0.3) is 0 Å². The monoisotopic (exact) mass is 340 g/mol. The third kappa shape index (κ3) is 3.84. The maximum atomic E-state index is 4.66.